The molecule has 2 aromatic carbocycles. The number of hydrogen-bond acceptors (Lipinski definition) is 7. The summed E-state index contributed by atoms with van der Waals surface area (Å²) in [6, 6.07) is 14.1. The van der Waals surface area contributed by atoms with Crippen LogP contribution in [0.2, 0.25) is 0 Å². The quantitative estimate of drug-likeness (QED) is 0.575. The molecule has 2 aromatic heterocycles. The van der Waals surface area contributed by atoms with Crippen LogP contribution < -0.4 is 14.8 Å². The molecule has 1 N–H and O–H groups in total. The number of ether oxygens (including phenoxy) is 2. The molecule has 27 heavy (non-hydrogen) atoms. The van der Waals surface area contributed by atoms with Crippen LogP contribution in [0.1, 0.15) is 10.6 Å². The third kappa shape index (κ3) is 3.20. The molecule has 4 aromatic rings. The summed E-state index contributed by atoms with van der Waals surface area (Å²) >= 11 is 0. The number of hydrogen-bond donors (Lipinski definition) is 1. The standard InChI is InChI=1S/C19H15N3O5/c1-24-13-8-6-11(7-9-13)18-21-22-19(27-18)20-17(23)15-10-12-4-3-5-14(25-2)16(12)26-15/h3-10H,1-2H3,(H,20,22,23). The highest BCUT2D eigenvalue weighted by molar-refractivity contribution is 6.04. The predicted molar refractivity (Wildman–Crippen MR) is 97.0 cm³/mol. The minimum absolute atomic E-state index is 0.0294. The molecule has 0 unspecified atom stereocenters. The van der Waals surface area contributed by atoms with Crippen molar-refractivity contribution >= 4 is 22.9 Å². The van der Waals surface area contributed by atoms with Crippen molar-refractivity contribution < 1.29 is 23.1 Å². The van der Waals surface area contributed by atoms with E-state index in [9.17, 15) is 4.79 Å². The van der Waals surface area contributed by atoms with Crippen molar-refractivity contribution in [1.29, 1.82) is 0 Å². The molecular formula is C19H15N3O5. The van der Waals surface area contributed by atoms with Crippen LogP contribution in [0.15, 0.2) is 57.4 Å². The van der Waals surface area contributed by atoms with Crippen LogP contribution in [-0.4, -0.2) is 30.3 Å². The van der Waals surface area contributed by atoms with Gasteiger partial charge >= 0.3 is 6.01 Å². The Morgan fingerprint density at radius 2 is 1.81 bits per heavy atom. The highest BCUT2D eigenvalue weighted by Crippen LogP contribution is 2.29. The van der Waals surface area contributed by atoms with Gasteiger partial charge in [-0.15, -0.1) is 5.10 Å². The van der Waals surface area contributed by atoms with Crippen molar-refractivity contribution in [2.45, 2.75) is 0 Å². The second kappa shape index (κ2) is 6.83. The molecule has 0 saturated carbocycles. The average Bonchev–Trinajstić information content (AvgIpc) is 3.34. The lowest BCUT2D eigenvalue weighted by molar-refractivity contribution is 0.0995. The number of nitrogens with one attached hydrogen (secondary N) is 1. The molecule has 0 fully saturated rings. The number of furan rings is 1. The van der Waals surface area contributed by atoms with Gasteiger partial charge in [0.1, 0.15) is 5.75 Å². The zero-order valence-electron chi connectivity index (χ0n) is 14.6. The molecule has 0 saturated heterocycles. The van der Waals surface area contributed by atoms with Crippen molar-refractivity contribution in [3.05, 3.63) is 54.3 Å². The van der Waals surface area contributed by atoms with Crippen molar-refractivity contribution in [3.8, 4) is 23.0 Å². The summed E-state index contributed by atoms with van der Waals surface area (Å²) in [4.78, 5) is 12.4. The molecule has 4 rings (SSSR count). The van der Waals surface area contributed by atoms with E-state index in [0.29, 0.717) is 22.6 Å². The van der Waals surface area contributed by atoms with Gasteiger partial charge in [0.15, 0.2) is 17.1 Å². The number of fused-ring (bicyclic) bond motifs is 1. The molecule has 1 amide bonds. The number of aromatic nitrogens is 2. The van der Waals surface area contributed by atoms with E-state index < -0.39 is 5.91 Å². The first-order valence-electron chi connectivity index (χ1n) is 8.04. The summed E-state index contributed by atoms with van der Waals surface area (Å²) in [5, 5.41) is 11.1. The van der Waals surface area contributed by atoms with Gasteiger partial charge in [-0.05, 0) is 36.4 Å². The monoisotopic (exact) mass is 365 g/mol. The van der Waals surface area contributed by atoms with E-state index in [1.165, 1.54) is 7.11 Å². The highest BCUT2D eigenvalue weighted by Gasteiger charge is 2.18. The van der Waals surface area contributed by atoms with E-state index in [2.05, 4.69) is 15.5 Å². The number of carbonyl (C=O) groups excluding carboxylic acids is 1. The molecule has 8 nitrogen and oxygen atoms in total. The topological polar surface area (TPSA) is 99.6 Å². The average molecular weight is 365 g/mol. The van der Waals surface area contributed by atoms with Gasteiger partial charge in [-0.1, -0.05) is 17.2 Å². The van der Waals surface area contributed by atoms with Crippen molar-refractivity contribution in [1.82, 2.24) is 10.2 Å². The van der Waals surface area contributed by atoms with Crippen LogP contribution in [0.4, 0.5) is 6.01 Å². The molecule has 8 heteroatoms. The highest BCUT2D eigenvalue weighted by atomic mass is 16.5. The molecule has 136 valence electrons. The first kappa shape index (κ1) is 16.6. The number of nitrogens with zero attached hydrogens (tertiary/aromatic N) is 2. The summed E-state index contributed by atoms with van der Waals surface area (Å²) in [5.41, 5.74) is 1.20. The summed E-state index contributed by atoms with van der Waals surface area (Å²) in [6.45, 7) is 0. The lowest BCUT2D eigenvalue weighted by atomic mass is 10.2. The van der Waals surface area contributed by atoms with Crippen LogP contribution in [0, 0.1) is 0 Å². The maximum Gasteiger partial charge on any atom is 0.322 e. The number of methoxy groups -OCH3 is 2. The maximum atomic E-state index is 12.4. The van der Waals surface area contributed by atoms with Gasteiger partial charge in [0.05, 0.1) is 14.2 Å². The van der Waals surface area contributed by atoms with Gasteiger partial charge in [-0.25, -0.2) is 0 Å². The van der Waals surface area contributed by atoms with Gasteiger partial charge in [0, 0.05) is 10.9 Å². The number of carbonyl (C=O) groups is 1. The van der Waals surface area contributed by atoms with Gasteiger partial charge in [0.2, 0.25) is 5.89 Å². The van der Waals surface area contributed by atoms with Gasteiger partial charge < -0.3 is 18.3 Å². The number of anilines is 1. The normalized spacial score (nSPS) is 10.7. The predicted octanol–water partition coefficient (Wildman–Crippen LogP) is 3.75. The number of amides is 1. The van der Waals surface area contributed by atoms with E-state index in [-0.39, 0.29) is 17.7 Å². The zero-order valence-corrected chi connectivity index (χ0v) is 14.6. The molecule has 2 heterocycles. The van der Waals surface area contributed by atoms with E-state index in [1.54, 1.807) is 43.5 Å². The second-order valence-electron chi connectivity index (χ2n) is 5.58. The third-order valence-electron chi connectivity index (χ3n) is 3.93. The maximum absolute atomic E-state index is 12.4. The SMILES string of the molecule is COc1ccc(-c2nnc(NC(=O)c3cc4cccc(OC)c4o3)o2)cc1. The van der Waals surface area contributed by atoms with Crippen LogP contribution in [0.5, 0.6) is 11.5 Å². The number of para-hydroxylation sites is 1. The molecule has 0 radical (unpaired) electrons. The lowest BCUT2D eigenvalue weighted by Gasteiger charge is -1.99. The summed E-state index contributed by atoms with van der Waals surface area (Å²) in [5.74, 6) is 1.15. The Morgan fingerprint density at radius 3 is 2.56 bits per heavy atom. The molecule has 0 aliphatic carbocycles. The molecule has 0 aliphatic rings. The van der Waals surface area contributed by atoms with Crippen molar-refractivity contribution in [2.24, 2.45) is 0 Å². The molecule has 0 bridgehead atoms. The largest absolute Gasteiger partial charge is 0.497 e. The molecule has 0 atom stereocenters. The van der Waals surface area contributed by atoms with E-state index >= 15 is 0 Å². The van der Waals surface area contributed by atoms with E-state index in [4.69, 9.17) is 18.3 Å². The number of rotatable bonds is 5. The molecule has 0 aliphatic heterocycles. The van der Waals surface area contributed by atoms with Crippen LogP contribution in [0.25, 0.3) is 22.4 Å². The smallest absolute Gasteiger partial charge is 0.322 e. The lowest BCUT2D eigenvalue weighted by Crippen LogP contribution is -2.10. The fourth-order valence-corrected chi connectivity index (χ4v) is 2.59. The van der Waals surface area contributed by atoms with Gasteiger partial charge in [-0.3, -0.25) is 10.1 Å². The van der Waals surface area contributed by atoms with Gasteiger partial charge in [0.25, 0.3) is 5.91 Å². The van der Waals surface area contributed by atoms with Crippen molar-refractivity contribution in [3.63, 3.8) is 0 Å². The first-order chi connectivity index (χ1) is 13.2. The minimum atomic E-state index is -0.502. The minimum Gasteiger partial charge on any atom is -0.497 e. The summed E-state index contributed by atoms with van der Waals surface area (Å²) < 4.78 is 21.4. The molecular weight excluding hydrogens is 350 g/mol. The Bertz CT molecular complexity index is 1100. The third-order valence-corrected chi connectivity index (χ3v) is 3.93. The van der Waals surface area contributed by atoms with Crippen LogP contribution >= 0.6 is 0 Å². The van der Waals surface area contributed by atoms with E-state index in [0.717, 1.165) is 5.39 Å². The zero-order chi connectivity index (χ0) is 18.8. The summed E-state index contributed by atoms with van der Waals surface area (Å²) in [7, 11) is 3.12. The van der Waals surface area contributed by atoms with Crippen LogP contribution in [0.3, 0.4) is 0 Å². The second-order valence-corrected chi connectivity index (χ2v) is 5.58. The van der Waals surface area contributed by atoms with Gasteiger partial charge in [-0.2, -0.15) is 0 Å². The summed E-state index contributed by atoms with van der Waals surface area (Å²) in [6.07, 6.45) is 0. The number of benzene rings is 2. The Balaban J connectivity index is 1.54. The Kier molecular flexibility index (Phi) is 4.21. The Labute approximate surface area is 153 Å². The fourth-order valence-electron chi connectivity index (χ4n) is 2.59. The first-order valence-corrected chi connectivity index (χ1v) is 8.04. The Morgan fingerprint density at radius 1 is 1.00 bits per heavy atom. The van der Waals surface area contributed by atoms with Crippen molar-refractivity contribution in [2.75, 3.05) is 19.5 Å². The van der Waals surface area contributed by atoms with Crippen LogP contribution in [-0.2, 0) is 0 Å². The molecule has 0 spiro atoms. The van der Waals surface area contributed by atoms with E-state index in [1.807, 2.05) is 12.1 Å². The Hall–Kier alpha value is -3.81. The fraction of sp³-hybridized carbons (Fsp3) is 0.105.